The van der Waals surface area contributed by atoms with Gasteiger partial charge in [0.2, 0.25) is 8.32 Å². The molecule has 0 unspecified atom stereocenters. The van der Waals surface area contributed by atoms with E-state index in [1.807, 2.05) is 0 Å². The molecule has 20 heavy (non-hydrogen) atoms. The molecule has 0 amide bonds. The van der Waals surface area contributed by atoms with Gasteiger partial charge in [-0.15, -0.1) is 0 Å². The van der Waals surface area contributed by atoms with Crippen molar-refractivity contribution < 1.29 is 21.8 Å². The molecule has 0 saturated heterocycles. The zero-order valence-corrected chi connectivity index (χ0v) is 17.7. The fourth-order valence-corrected chi connectivity index (χ4v) is 12.2. The van der Waals surface area contributed by atoms with Gasteiger partial charge in [0.25, 0.3) is 0 Å². The predicted molar refractivity (Wildman–Crippen MR) is 88.6 cm³/mol. The van der Waals surface area contributed by atoms with Crippen molar-refractivity contribution in [3.63, 3.8) is 0 Å². The van der Waals surface area contributed by atoms with Crippen molar-refractivity contribution in [2.24, 2.45) is 0 Å². The first-order valence-electron chi connectivity index (χ1n) is 7.21. The average Bonchev–Trinajstić information content (AvgIpc) is 2.41. The van der Waals surface area contributed by atoms with Crippen LogP contribution < -0.4 is 0 Å². The fraction of sp³-hybridized carbons (Fsp3) is 1.00. The molecule has 0 aromatic rings. The van der Waals surface area contributed by atoms with E-state index < -0.39 is 26.4 Å². The SMILES string of the molecule is CCC(CC)(O[SiH](C)C)[Si](C)(C)O[Si](OC)(OC)OC. The summed E-state index contributed by atoms with van der Waals surface area (Å²) in [6, 6.07) is 0. The van der Waals surface area contributed by atoms with E-state index in [1.54, 1.807) is 21.3 Å². The van der Waals surface area contributed by atoms with Gasteiger partial charge in [0.1, 0.15) is 0 Å². The molecule has 0 aliphatic rings. The summed E-state index contributed by atoms with van der Waals surface area (Å²) in [6.07, 6.45) is 1.85. The van der Waals surface area contributed by atoms with Gasteiger partial charge >= 0.3 is 9.05 Å². The van der Waals surface area contributed by atoms with Gasteiger partial charge in [-0.3, -0.25) is 0 Å². The number of rotatable bonds is 10. The highest BCUT2D eigenvalue weighted by Crippen LogP contribution is 2.35. The Morgan fingerprint density at radius 1 is 0.900 bits per heavy atom. The molecule has 0 radical (unpaired) electrons. The van der Waals surface area contributed by atoms with Gasteiger partial charge in [0.05, 0.1) is 5.22 Å². The van der Waals surface area contributed by atoms with E-state index in [0.29, 0.717) is 0 Å². The quantitative estimate of drug-likeness (QED) is 0.572. The molecule has 0 N–H and O–H groups in total. The van der Waals surface area contributed by atoms with Crippen molar-refractivity contribution in [2.75, 3.05) is 21.3 Å². The minimum atomic E-state index is -3.05. The number of hydrogen-bond donors (Lipinski definition) is 0. The summed E-state index contributed by atoms with van der Waals surface area (Å²) in [6.45, 7) is 13.0. The highest BCUT2D eigenvalue weighted by molar-refractivity contribution is 6.81. The average molecular weight is 341 g/mol. The summed E-state index contributed by atoms with van der Waals surface area (Å²) in [4.78, 5) is 0. The maximum atomic E-state index is 6.41. The van der Waals surface area contributed by atoms with Crippen LogP contribution in [0.15, 0.2) is 0 Å². The van der Waals surface area contributed by atoms with Crippen molar-refractivity contribution in [1.29, 1.82) is 0 Å². The molecule has 0 aliphatic heterocycles. The minimum absolute atomic E-state index is 0.221. The Hall–Kier alpha value is 0.451. The molecule has 0 heterocycles. The third-order valence-electron chi connectivity index (χ3n) is 3.83. The van der Waals surface area contributed by atoms with E-state index in [1.165, 1.54) is 0 Å². The van der Waals surface area contributed by atoms with Crippen LogP contribution in [0.3, 0.4) is 0 Å². The maximum Gasteiger partial charge on any atom is 0.668 e. The van der Waals surface area contributed by atoms with Crippen LogP contribution in [0, 0.1) is 0 Å². The predicted octanol–water partition coefficient (Wildman–Crippen LogP) is 2.68. The second-order valence-electron chi connectivity index (χ2n) is 5.59. The van der Waals surface area contributed by atoms with Crippen LogP contribution in [0.25, 0.3) is 0 Å². The second-order valence-corrected chi connectivity index (χ2v) is 14.9. The fourth-order valence-electron chi connectivity index (χ4n) is 2.64. The largest absolute Gasteiger partial charge is 0.668 e. The van der Waals surface area contributed by atoms with Gasteiger partial charge in [-0.25, -0.2) is 0 Å². The van der Waals surface area contributed by atoms with E-state index in [9.17, 15) is 0 Å². The molecular weight excluding hydrogens is 308 g/mol. The van der Waals surface area contributed by atoms with Crippen LogP contribution >= 0.6 is 0 Å². The van der Waals surface area contributed by atoms with Crippen molar-refractivity contribution >= 4 is 26.4 Å². The summed E-state index contributed by atoms with van der Waals surface area (Å²) < 4.78 is 29.0. The molecule has 0 atom stereocenters. The summed E-state index contributed by atoms with van der Waals surface area (Å²) in [5.41, 5.74) is 0. The topological polar surface area (TPSA) is 46.2 Å². The van der Waals surface area contributed by atoms with Crippen LogP contribution in [0.5, 0.6) is 0 Å². The third-order valence-corrected chi connectivity index (χ3v) is 12.5. The van der Waals surface area contributed by atoms with Crippen LogP contribution in [0.4, 0.5) is 0 Å². The molecule has 122 valence electrons. The first-order valence-corrected chi connectivity index (χ1v) is 14.5. The van der Waals surface area contributed by atoms with E-state index in [2.05, 4.69) is 40.0 Å². The van der Waals surface area contributed by atoms with Gasteiger partial charge in [-0.05, 0) is 39.0 Å². The second kappa shape index (κ2) is 8.18. The maximum absolute atomic E-state index is 6.41. The van der Waals surface area contributed by atoms with E-state index in [4.69, 9.17) is 21.8 Å². The van der Waals surface area contributed by atoms with E-state index in [0.717, 1.165) is 12.8 Å². The Morgan fingerprint density at radius 3 is 1.55 bits per heavy atom. The molecule has 0 rings (SSSR count). The molecule has 0 aromatic carbocycles. The van der Waals surface area contributed by atoms with Gasteiger partial charge in [-0.1, -0.05) is 13.8 Å². The van der Waals surface area contributed by atoms with Gasteiger partial charge in [-0.2, -0.15) is 0 Å². The molecule has 0 spiro atoms. The lowest BCUT2D eigenvalue weighted by atomic mass is 10.2. The molecule has 0 aromatic heterocycles. The van der Waals surface area contributed by atoms with Crippen LogP contribution in [0.2, 0.25) is 26.2 Å². The monoisotopic (exact) mass is 340 g/mol. The zero-order chi connectivity index (χ0) is 16.0. The summed E-state index contributed by atoms with van der Waals surface area (Å²) in [5.74, 6) is 0. The lowest BCUT2D eigenvalue weighted by molar-refractivity contribution is 0.0325. The van der Waals surface area contributed by atoms with E-state index in [-0.39, 0.29) is 5.22 Å². The van der Waals surface area contributed by atoms with Crippen molar-refractivity contribution in [1.82, 2.24) is 0 Å². The molecule has 0 aliphatic carbocycles. The summed E-state index contributed by atoms with van der Waals surface area (Å²) in [7, 11) is -1.76. The van der Waals surface area contributed by atoms with Crippen LogP contribution in [0.1, 0.15) is 26.7 Å². The Kier molecular flexibility index (Phi) is 8.36. The zero-order valence-electron chi connectivity index (χ0n) is 14.5. The highest BCUT2D eigenvalue weighted by Gasteiger charge is 2.56. The van der Waals surface area contributed by atoms with Gasteiger partial charge in [0, 0.05) is 21.3 Å². The van der Waals surface area contributed by atoms with Crippen LogP contribution in [-0.4, -0.2) is 53.0 Å². The van der Waals surface area contributed by atoms with E-state index >= 15 is 0 Å². The van der Waals surface area contributed by atoms with Crippen molar-refractivity contribution in [2.45, 2.75) is 58.1 Å². The molecule has 0 saturated carbocycles. The van der Waals surface area contributed by atoms with Crippen molar-refractivity contribution in [3.05, 3.63) is 0 Å². The first-order chi connectivity index (χ1) is 9.18. The smallest absolute Gasteiger partial charge is 0.415 e. The molecule has 8 heteroatoms. The van der Waals surface area contributed by atoms with Crippen molar-refractivity contribution in [3.8, 4) is 0 Å². The van der Waals surface area contributed by atoms with Gasteiger partial charge < -0.3 is 21.8 Å². The molecule has 0 bridgehead atoms. The normalized spacial score (nSPS) is 14.1. The first kappa shape index (κ1) is 20.5. The number of hydrogen-bond acceptors (Lipinski definition) is 5. The summed E-state index contributed by atoms with van der Waals surface area (Å²) >= 11 is 0. The molecule has 0 fully saturated rings. The Morgan fingerprint density at radius 2 is 1.30 bits per heavy atom. The van der Waals surface area contributed by atoms with Crippen LogP contribution in [-0.2, 0) is 21.8 Å². The Bertz CT molecular complexity index is 270. The third kappa shape index (κ3) is 4.47. The lowest BCUT2D eigenvalue weighted by Crippen LogP contribution is -2.65. The standard InChI is InChI=1S/C12H32O5Si3/c1-10-12(11-2,16-18(6)7)19(8,9)17-20(13-3,14-4)15-5/h18H,10-11H2,1-9H3. The summed E-state index contributed by atoms with van der Waals surface area (Å²) in [5, 5.41) is -0.221. The Balaban J connectivity index is 5.42. The Labute approximate surface area is 128 Å². The molecule has 5 nitrogen and oxygen atoms in total. The molecular formula is C12H32O5Si3. The highest BCUT2D eigenvalue weighted by atomic mass is 28.5. The van der Waals surface area contributed by atoms with Gasteiger partial charge in [0.15, 0.2) is 9.04 Å². The minimum Gasteiger partial charge on any atom is -0.415 e. The lowest BCUT2D eigenvalue weighted by Gasteiger charge is -2.47.